The summed E-state index contributed by atoms with van der Waals surface area (Å²) in [6, 6.07) is 7.85. The minimum atomic E-state index is 0.0379. The Hall–Kier alpha value is -2.08. The number of guanidine groups is 1. The van der Waals surface area contributed by atoms with Gasteiger partial charge < -0.3 is 20.4 Å². The summed E-state index contributed by atoms with van der Waals surface area (Å²) in [4.78, 5) is 20.5. The molecule has 1 aliphatic rings. The largest absolute Gasteiger partial charge is 0.356 e. The Morgan fingerprint density at radius 1 is 1.33 bits per heavy atom. The van der Waals surface area contributed by atoms with Gasteiger partial charge in [-0.2, -0.15) is 0 Å². The quantitative estimate of drug-likeness (QED) is 0.565. The molecule has 0 spiro atoms. The molecule has 1 heterocycles. The number of carbonyl (C=O) groups excluding carboxylic acids is 1. The summed E-state index contributed by atoms with van der Waals surface area (Å²) in [6.45, 7) is 7.52. The maximum Gasteiger partial charge on any atom is 0.253 e. The number of carbonyl (C=O) groups is 1. The van der Waals surface area contributed by atoms with Gasteiger partial charge in [0.1, 0.15) is 0 Å². The van der Waals surface area contributed by atoms with E-state index in [2.05, 4.69) is 33.5 Å². The van der Waals surface area contributed by atoms with Crippen molar-refractivity contribution in [3.63, 3.8) is 0 Å². The average Bonchev–Trinajstić information content (AvgIpc) is 2.70. The second-order valence-corrected chi connectivity index (χ2v) is 7.43. The van der Waals surface area contributed by atoms with Crippen LogP contribution in [0.15, 0.2) is 29.3 Å². The summed E-state index contributed by atoms with van der Waals surface area (Å²) in [6.07, 6.45) is 3.42. The van der Waals surface area contributed by atoms with E-state index in [1.165, 1.54) is 25.9 Å². The number of hydrogen-bond donors (Lipinski definition) is 2. The predicted octanol–water partition coefficient (Wildman–Crippen LogP) is 1.83. The molecule has 1 aliphatic heterocycles. The minimum Gasteiger partial charge on any atom is -0.356 e. The second-order valence-electron chi connectivity index (χ2n) is 7.43. The first-order valence-electron chi connectivity index (χ1n) is 10.0. The van der Waals surface area contributed by atoms with Gasteiger partial charge in [0, 0.05) is 46.3 Å². The van der Waals surface area contributed by atoms with Gasteiger partial charge in [0.15, 0.2) is 5.96 Å². The third kappa shape index (κ3) is 6.86. The average molecular weight is 374 g/mol. The van der Waals surface area contributed by atoms with Gasteiger partial charge in [0.2, 0.25) is 0 Å². The molecule has 0 bridgehead atoms. The summed E-state index contributed by atoms with van der Waals surface area (Å²) in [7, 11) is 5.36. The molecule has 1 fully saturated rings. The highest BCUT2D eigenvalue weighted by molar-refractivity contribution is 5.94. The Morgan fingerprint density at radius 2 is 2.15 bits per heavy atom. The number of aliphatic imine (C=N–C) groups is 1. The van der Waals surface area contributed by atoms with Crippen LogP contribution in [0.25, 0.3) is 0 Å². The zero-order valence-electron chi connectivity index (χ0n) is 17.3. The van der Waals surface area contributed by atoms with Crippen LogP contribution in [-0.4, -0.2) is 75.5 Å². The van der Waals surface area contributed by atoms with E-state index in [1.807, 2.05) is 25.2 Å². The molecule has 1 atom stereocenters. The van der Waals surface area contributed by atoms with Crippen molar-refractivity contribution in [1.29, 1.82) is 0 Å². The Kier molecular flexibility index (Phi) is 8.58. The summed E-state index contributed by atoms with van der Waals surface area (Å²) < 4.78 is 0. The highest BCUT2D eigenvalue weighted by Gasteiger charge is 2.18. The van der Waals surface area contributed by atoms with Gasteiger partial charge in [-0.1, -0.05) is 19.1 Å². The molecule has 1 unspecified atom stereocenters. The Morgan fingerprint density at radius 3 is 2.85 bits per heavy atom. The molecule has 27 heavy (non-hydrogen) atoms. The van der Waals surface area contributed by atoms with Crippen molar-refractivity contribution >= 4 is 11.9 Å². The van der Waals surface area contributed by atoms with Crippen LogP contribution < -0.4 is 10.6 Å². The van der Waals surface area contributed by atoms with Gasteiger partial charge in [0.05, 0.1) is 0 Å². The lowest BCUT2D eigenvalue weighted by Gasteiger charge is -2.32. The van der Waals surface area contributed by atoms with Crippen molar-refractivity contribution in [3.8, 4) is 0 Å². The lowest BCUT2D eigenvalue weighted by Crippen LogP contribution is -2.44. The van der Waals surface area contributed by atoms with Crippen molar-refractivity contribution < 1.29 is 4.79 Å². The van der Waals surface area contributed by atoms with Crippen LogP contribution in [-0.2, 0) is 6.42 Å². The van der Waals surface area contributed by atoms with Crippen molar-refractivity contribution in [2.24, 2.45) is 10.9 Å². The van der Waals surface area contributed by atoms with E-state index in [9.17, 15) is 4.79 Å². The smallest absolute Gasteiger partial charge is 0.253 e. The maximum absolute atomic E-state index is 12.1. The number of likely N-dealkylation sites (tertiary alicyclic amines) is 1. The van der Waals surface area contributed by atoms with E-state index >= 15 is 0 Å². The molecule has 0 aromatic heterocycles. The summed E-state index contributed by atoms with van der Waals surface area (Å²) in [5, 5.41) is 6.85. The van der Waals surface area contributed by atoms with Crippen molar-refractivity contribution in [2.75, 3.05) is 53.9 Å². The van der Waals surface area contributed by atoms with Crippen LogP contribution in [0, 0.1) is 5.92 Å². The maximum atomic E-state index is 12.1. The number of benzene rings is 1. The van der Waals surface area contributed by atoms with Crippen LogP contribution in [0.2, 0.25) is 0 Å². The zero-order chi connectivity index (χ0) is 19.6. The van der Waals surface area contributed by atoms with Crippen molar-refractivity contribution in [1.82, 2.24) is 20.4 Å². The van der Waals surface area contributed by atoms with E-state index in [1.54, 1.807) is 19.0 Å². The second kappa shape index (κ2) is 10.9. The first-order valence-corrected chi connectivity index (χ1v) is 10.0. The van der Waals surface area contributed by atoms with Gasteiger partial charge >= 0.3 is 0 Å². The lowest BCUT2D eigenvalue weighted by atomic mass is 9.98. The molecule has 0 saturated carbocycles. The third-order valence-electron chi connectivity index (χ3n) is 5.12. The summed E-state index contributed by atoms with van der Waals surface area (Å²) >= 11 is 0. The Balaban J connectivity index is 1.76. The number of piperidine rings is 1. The standard InChI is InChI=1S/C21H35N5O/c1-5-26-13-7-9-18(16-26)15-24-21(22-2)23-12-11-17-8-6-10-19(14-17)20(27)25(3)4/h6,8,10,14,18H,5,7,9,11-13,15-16H2,1-4H3,(H2,22,23,24). The number of amides is 1. The number of hydrogen-bond acceptors (Lipinski definition) is 3. The fourth-order valence-corrected chi connectivity index (χ4v) is 3.51. The molecular weight excluding hydrogens is 338 g/mol. The SMILES string of the molecule is CCN1CCCC(CNC(=NC)NCCc2cccc(C(=O)N(C)C)c2)C1. The van der Waals surface area contributed by atoms with E-state index < -0.39 is 0 Å². The molecule has 1 saturated heterocycles. The van der Waals surface area contributed by atoms with Crippen LogP contribution >= 0.6 is 0 Å². The zero-order valence-corrected chi connectivity index (χ0v) is 17.3. The van der Waals surface area contributed by atoms with E-state index in [4.69, 9.17) is 0 Å². The topological polar surface area (TPSA) is 60.0 Å². The van der Waals surface area contributed by atoms with Crippen LogP contribution in [0.5, 0.6) is 0 Å². The van der Waals surface area contributed by atoms with E-state index in [0.717, 1.165) is 43.1 Å². The highest BCUT2D eigenvalue weighted by Crippen LogP contribution is 2.15. The minimum absolute atomic E-state index is 0.0379. The predicted molar refractivity (Wildman–Crippen MR) is 112 cm³/mol. The monoisotopic (exact) mass is 373 g/mol. The fourth-order valence-electron chi connectivity index (χ4n) is 3.51. The summed E-state index contributed by atoms with van der Waals surface area (Å²) in [5.74, 6) is 1.58. The Labute approximate surface area is 164 Å². The summed E-state index contributed by atoms with van der Waals surface area (Å²) in [5.41, 5.74) is 1.88. The number of nitrogens with one attached hydrogen (secondary N) is 2. The fraction of sp³-hybridized carbons (Fsp3) is 0.619. The van der Waals surface area contributed by atoms with Crippen molar-refractivity contribution in [3.05, 3.63) is 35.4 Å². The molecule has 2 N–H and O–H groups in total. The van der Waals surface area contributed by atoms with E-state index in [0.29, 0.717) is 5.92 Å². The lowest BCUT2D eigenvalue weighted by molar-refractivity contribution is 0.0827. The molecular formula is C21H35N5O. The Bertz CT molecular complexity index is 629. The van der Waals surface area contributed by atoms with Crippen molar-refractivity contribution in [2.45, 2.75) is 26.2 Å². The highest BCUT2D eigenvalue weighted by atomic mass is 16.2. The molecule has 1 amide bonds. The molecule has 1 aromatic carbocycles. The number of rotatable bonds is 7. The number of nitrogens with zero attached hydrogens (tertiary/aromatic N) is 3. The molecule has 6 nitrogen and oxygen atoms in total. The molecule has 150 valence electrons. The van der Waals surface area contributed by atoms with Gasteiger partial charge in [-0.3, -0.25) is 9.79 Å². The molecule has 1 aromatic rings. The van der Waals surface area contributed by atoms with Gasteiger partial charge in [-0.15, -0.1) is 0 Å². The third-order valence-corrected chi connectivity index (χ3v) is 5.12. The first kappa shape index (κ1) is 21.2. The molecule has 2 rings (SSSR count). The van der Waals surface area contributed by atoms with Crippen LogP contribution in [0.1, 0.15) is 35.7 Å². The van der Waals surface area contributed by atoms with E-state index in [-0.39, 0.29) is 5.91 Å². The molecule has 0 radical (unpaired) electrons. The van der Waals surface area contributed by atoms with Crippen LogP contribution in [0.3, 0.4) is 0 Å². The van der Waals surface area contributed by atoms with Gasteiger partial charge in [-0.05, 0) is 56.0 Å². The van der Waals surface area contributed by atoms with Gasteiger partial charge in [0.25, 0.3) is 5.91 Å². The normalized spacial score (nSPS) is 18.2. The molecule has 0 aliphatic carbocycles. The molecule has 6 heteroatoms. The van der Waals surface area contributed by atoms with Crippen LogP contribution in [0.4, 0.5) is 0 Å². The first-order chi connectivity index (χ1) is 13.0. The van der Waals surface area contributed by atoms with Gasteiger partial charge in [-0.25, -0.2) is 0 Å².